The maximum Gasteiger partial charge on any atom is 0.293 e. The van der Waals surface area contributed by atoms with Crippen molar-refractivity contribution in [2.24, 2.45) is 0 Å². The Morgan fingerprint density at radius 1 is 1.56 bits per heavy atom. The number of thiazole rings is 1. The normalized spacial score (nSPS) is 10.3. The van der Waals surface area contributed by atoms with Gasteiger partial charge in [0.15, 0.2) is 5.82 Å². The molecule has 6 heteroatoms. The molecule has 5 nitrogen and oxygen atoms in total. The maximum atomic E-state index is 11.8. The summed E-state index contributed by atoms with van der Waals surface area (Å²) in [5.41, 5.74) is 1.68. The molecule has 0 bridgehead atoms. The first kappa shape index (κ1) is 10.8. The molecular weight excluding hydrogens is 224 g/mol. The minimum atomic E-state index is -0.0884. The molecule has 0 aliphatic heterocycles. The number of anilines is 1. The number of nitrogens with one attached hydrogen (secondary N) is 1. The molecule has 0 saturated heterocycles. The van der Waals surface area contributed by atoms with E-state index in [2.05, 4.69) is 15.3 Å². The number of nitrogens with zero attached hydrogens (tertiary/aromatic N) is 3. The molecule has 16 heavy (non-hydrogen) atoms. The van der Waals surface area contributed by atoms with E-state index in [1.165, 1.54) is 0 Å². The maximum absolute atomic E-state index is 11.8. The molecule has 0 aliphatic carbocycles. The Labute approximate surface area is 96.8 Å². The summed E-state index contributed by atoms with van der Waals surface area (Å²) in [6.07, 6.45) is 5.08. The van der Waals surface area contributed by atoms with Crippen LogP contribution in [0.3, 0.4) is 0 Å². The van der Waals surface area contributed by atoms with Crippen LogP contribution in [0.2, 0.25) is 0 Å². The standard InChI is InChI=1S/C10H12N4OS/c1-2-14-4-3-12-9(10(14)15)13-6-8-5-11-7-16-8/h3-5,7H,2,6H2,1H3,(H,12,13). The molecule has 2 heterocycles. The number of hydrogen-bond donors (Lipinski definition) is 1. The van der Waals surface area contributed by atoms with Crippen LogP contribution in [-0.4, -0.2) is 14.5 Å². The van der Waals surface area contributed by atoms with Gasteiger partial charge in [-0.05, 0) is 6.92 Å². The van der Waals surface area contributed by atoms with Crippen molar-refractivity contribution in [1.82, 2.24) is 14.5 Å². The quantitative estimate of drug-likeness (QED) is 0.870. The molecule has 2 aromatic rings. The van der Waals surface area contributed by atoms with E-state index in [0.29, 0.717) is 18.9 Å². The highest BCUT2D eigenvalue weighted by molar-refractivity contribution is 7.09. The molecule has 0 saturated carbocycles. The molecule has 0 aliphatic rings. The van der Waals surface area contributed by atoms with Crippen molar-refractivity contribution in [1.29, 1.82) is 0 Å². The van der Waals surface area contributed by atoms with Crippen LogP contribution in [0.1, 0.15) is 11.8 Å². The summed E-state index contributed by atoms with van der Waals surface area (Å²) in [5.74, 6) is 0.387. The van der Waals surface area contributed by atoms with Gasteiger partial charge in [-0.3, -0.25) is 9.78 Å². The molecule has 0 amide bonds. The second kappa shape index (κ2) is 4.89. The highest BCUT2D eigenvalue weighted by Gasteiger charge is 2.03. The lowest BCUT2D eigenvalue weighted by molar-refractivity contribution is 0.718. The zero-order chi connectivity index (χ0) is 11.4. The SMILES string of the molecule is CCn1ccnc(NCc2cncs2)c1=O. The van der Waals surface area contributed by atoms with Crippen LogP contribution in [0.25, 0.3) is 0 Å². The lowest BCUT2D eigenvalue weighted by Crippen LogP contribution is -2.23. The van der Waals surface area contributed by atoms with Crippen molar-refractivity contribution in [3.63, 3.8) is 0 Å². The summed E-state index contributed by atoms with van der Waals surface area (Å²) in [5, 5.41) is 3.02. The molecule has 1 N–H and O–H groups in total. The van der Waals surface area contributed by atoms with Gasteiger partial charge in [-0.1, -0.05) is 0 Å². The highest BCUT2D eigenvalue weighted by Crippen LogP contribution is 2.06. The Balaban J connectivity index is 2.13. The van der Waals surface area contributed by atoms with Gasteiger partial charge in [0.1, 0.15) is 0 Å². The predicted octanol–water partition coefficient (Wildman–Crippen LogP) is 1.33. The van der Waals surface area contributed by atoms with Crippen LogP contribution in [0.4, 0.5) is 5.82 Å². The minimum Gasteiger partial charge on any atom is -0.361 e. The summed E-state index contributed by atoms with van der Waals surface area (Å²) >= 11 is 1.55. The van der Waals surface area contributed by atoms with Crippen molar-refractivity contribution in [2.75, 3.05) is 5.32 Å². The fourth-order valence-corrected chi connectivity index (χ4v) is 1.85. The Morgan fingerprint density at radius 2 is 2.44 bits per heavy atom. The predicted molar refractivity (Wildman–Crippen MR) is 63.6 cm³/mol. The molecule has 0 spiro atoms. The van der Waals surface area contributed by atoms with E-state index in [9.17, 15) is 4.79 Å². The van der Waals surface area contributed by atoms with Gasteiger partial charge in [0.25, 0.3) is 5.56 Å². The number of aromatic nitrogens is 3. The fraction of sp³-hybridized carbons (Fsp3) is 0.300. The zero-order valence-corrected chi connectivity index (χ0v) is 9.70. The molecule has 2 aromatic heterocycles. The Kier molecular flexibility index (Phi) is 3.31. The monoisotopic (exact) mass is 236 g/mol. The fourth-order valence-electron chi connectivity index (χ4n) is 1.32. The number of hydrogen-bond acceptors (Lipinski definition) is 5. The summed E-state index contributed by atoms with van der Waals surface area (Å²) in [4.78, 5) is 20.9. The van der Waals surface area contributed by atoms with Crippen molar-refractivity contribution < 1.29 is 0 Å². The van der Waals surface area contributed by atoms with Crippen LogP contribution < -0.4 is 10.9 Å². The van der Waals surface area contributed by atoms with Crippen LogP contribution in [0.15, 0.2) is 28.9 Å². The van der Waals surface area contributed by atoms with Crippen molar-refractivity contribution in [3.05, 3.63) is 39.3 Å². The van der Waals surface area contributed by atoms with Crippen molar-refractivity contribution in [2.45, 2.75) is 20.0 Å². The summed E-state index contributed by atoms with van der Waals surface area (Å²) in [6, 6.07) is 0. The summed E-state index contributed by atoms with van der Waals surface area (Å²) < 4.78 is 1.61. The van der Waals surface area contributed by atoms with Gasteiger partial charge in [-0.2, -0.15) is 0 Å². The van der Waals surface area contributed by atoms with Crippen LogP contribution in [-0.2, 0) is 13.1 Å². The van der Waals surface area contributed by atoms with Crippen LogP contribution >= 0.6 is 11.3 Å². The zero-order valence-electron chi connectivity index (χ0n) is 8.88. The summed E-state index contributed by atoms with van der Waals surface area (Å²) in [6.45, 7) is 3.16. The van der Waals surface area contributed by atoms with Gasteiger partial charge < -0.3 is 9.88 Å². The Bertz CT molecular complexity index is 506. The van der Waals surface area contributed by atoms with Gasteiger partial charge in [0, 0.05) is 30.0 Å². The Morgan fingerprint density at radius 3 is 3.12 bits per heavy atom. The van der Waals surface area contributed by atoms with Gasteiger partial charge in [0.05, 0.1) is 12.1 Å². The minimum absolute atomic E-state index is 0.0884. The second-order valence-electron chi connectivity index (χ2n) is 3.19. The van der Waals surface area contributed by atoms with E-state index in [4.69, 9.17) is 0 Å². The van der Waals surface area contributed by atoms with E-state index in [1.54, 1.807) is 40.0 Å². The third-order valence-electron chi connectivity index (χ3n) is 2.17. The van der Waals surface area contributed by atoms with Crippen molar-refractivity contribution >= 4 is 17.2 Å². The van der Waals surface area contributed by atoms with E-state index < -0.39 is 0 Å². The van der Waals surface area contributed by atoms with E-state index in [0.717, 1.165) is 4.88 Å². The molecule has 0 aromatic carbocycles. The van der Waals surface area contributed by atoms with Gasteiger partial charge in [0.2, 0.25) is 0 Å². The highest BCUT2D eigenvalue weighted by atomic mass is 32.1. The first-order valence-electron chi connectivity index (χ1n) is 4.98. The molecule has 0 radical (unpaired) electrons. The van der Waals surface area contributed by atoms with E-state index >= 15 is 0 Å². The first-order chi connectivity index (χ1) is 7.81. The molecule has 2 rings (SSSR count). The summed E-state index contributed by atoms with van der Waals surface area (Å²) in [7, 11) is 0. The average molecular weight is 236 g/mol. The molecule has 0 unspecified atom stereocenters. The third kappa shape index (κ3) is 2.27. The topological polar surface area (TPSA) is 59.8 Å². The van der Waals surface area contributed by atoms with Crippen molar-refractivity contribution in [3.8, 4) is 0 Å². The number of rotatable bonds is 4. The van der Waals surface area contributed by atoms with Crippen LogP contribution in [0, 0.1) is 0 Å². The molecule has 0 fully saturated rings. The van der Waals surface area contributed by atoms with Crippen LogP contribution in [0.5, 0.6) is 0 Å². The Hall–Kier alpha value is -1.69. The van der Waals surface area contributed by atoms with E-state index in [-0.39, 0.29) is 5.56 Å². The smallest absolute Gasteiger partial charge is 0.293 e. The molecule has 84 valence electrons. The van der Waals surface area contributed by atoms with Gasteiger partial charge in [-0.15, -0.1) is 11.3 Å². The third-order valence-corrected chi connectivity index (χ3v) is 2.95. The lowest BCUT2D eigenvalue weighted by Gasteiger charge is -2.05. The lowest BCUT2D eigenvalue weighted by atomic mass is 10.5. The average Bonchev–Trinajstić information content (AvgIpc) is 2.81. The number of aryl methyl sites for hydroxylation is 1. The van der Waals surface area contributed by atoms with Gasteiger partial charge >= 0.3 is 0 Å². The molecule has 0 atom stereocenters. The molecular formula is C10H12N4OS. The van der Waals surface area contributed by atoms with Gasteiger partial charge in [-0.25, -0.2) is 4.98 Å². The second-order valence-corrected chi connectivity index (χ2v) is 4.16. The first-order valence-corrected chi connectivity index (χ1v) is 5.86. The van der Waals surface area contributed by atoms with E-state index in [1.807, 2.05) is 6.92 Å². The largest absolute Gasteiger partial charge is 0.361 e.